The number of ether oxygens (including phenoxy) is 1. The van der Waals surface area contributed by atoms with E-state index in [1.165, 1.54) is 6.92 Å². The molecule has 0 aromatic heterocycles. The minimum atomic E-state index is -3.41. The molecule has 0 aliphatic rings. The van der Waals surface area contributed by atoms with Crippen LogP contribution in [0.2, 0.25) is 0 Å². The number of halogens is 2. The molecule has 84 valence electrons. The van der Waals surface area contributed by atoms with E-state index in [2.05, 4.69) is 10.1 Å². The van der Waals surface area contributed by atoms with E-state index in [1.807, 2.05) is 6.92 Å². The van der Waals surface area contributed by atoms with Gasteiger partial charge in [0.05, 0.1) is 13.2 Å². The molecule has 0 heterocycles. The summed E-state index contributed by atoms with van der Waals surface area (Å²) in [6, 6.07) is 0. The van der Waals surface area contributed by atoms with E-state index >= 15 is 0 Å². The Bertz CT molecular complexity index is 174. The first-order valence-electron chi connectivity index (χ1n) is 4.80. The van der Waals surface area contributed by atoms with Crippen molar-refractivity contribution in [2.24, 2.45) is 0 Å². The molecule has 0 aliphatic heterocycles. The molecule has 0 aliphatic carbocycles. The fourth-order valence-electron chi connectivity index (χ4n) is 0.856. The standard InChI is InChI=1S/C9H17F2NO2/c1-3-5-6-12-7-9(10,11)8(13)14-4-2/h12H,3-7H2,1-2H3. The lowest BCUT2D eigenvalue weighted by Crippen LogP contribution is -2.41. The predicted octanol–water partition coefficient (Wildman–Crippen LogP) is 1.57. The van der Waals surface area contributed by atoms with Gasteiger partial charge in [-0.25, -0.2) is 4.79 Å². The van der Waals surface area contributed by atoms with Crippen LogP contribution in [0.15, 0.2) is 0 Å². The van der Waals surface area contributed by atoms with Gasteiger partial charge < -0.3 is 10.1 Å². The third kappa shape index (κ3) is 5.11. The largest absolute Gasteiger partial charge is 0.462 e. The van der Waals surface area contributed by atoms with E-state index in [4.69, 9.17) is 0 Å². The van der Waals surface area contributed by atoms with E-state index in [-0.39, 0.29) is 6.61 Å². The Hall–Kier alpha value is -0.710. The lowest BCUT2D eigenvalue weighted by Gasteiger charge is -2.14. The van der Waals surface area contributed by atoms with E-state index in [0.717, 1.165) is 12.8 Å². The summed E-state index contributed by atoms with van der Waals surface area (Å²) >= 11 is 0. The molecular weight excluding hydrogens is 192 g/mol. The van der Waals surface area contributed by atoms with E-state index in [9.17, 15) is 13.6 Å². The molecule has 0 saturated carbocycles. The van der Waals surface area contributed by atoms with E-state index in [0.29, 0.717) is 6.54 Å². The molecule has 0 amide bonds. The van der Waals surface area contributed by atoms with Gasteiger partial charge in [0.1, 0.15) is 0 Å². The Morgan fingerprint density at radius 1 is 1.43 bits per heavy atom. The molecule has 0 aromatic carbocycles. The van der Waals surface area contributed by atoms with Gasteiger partial charge in [0, 0.05) is 0 Å². The number of hydrogen-bond acceptors (Lipinski definition) is 3. The molecule has 0 saturated heterocycles. The molecular formula is C9H17F2NO2. The molecule has 5 heteroatoms. The van der Waals surface area contributed by atoms with Crippen LogP contribution in [0.25, 0.3) is 0 Å². The average Bonchev–Trinajstić information content (AvgIpc) is 2.13. The number of carbonyl (C=O) groups is 1. The summed E-state index contributed by atoms with van der Waals surface area (Å²) in [4.78, 5) is 10.7. The number of rotatable bonds is 7. The highest BCUT2D eigenvalue weighted by molar-refractivity contribution is 5.77. The fraction of sp³-hybridized carbons (Fsp3) is 0.889. The number of unbranched alkanes of at least 4 members (excludes halogenated alkanes) is 1. The Morgan fingerprint density at radius 3 is 2.57 bits per heavy atom. The number of carbonyl (C=O) groups excluding carboxylic acids is 1. The number of esters is 1. The zero-order valence-electron chi connectivity index (χ0n) is 8.61. The number of alkyl halides is 2. The van der Waals surface area contributed by atoms with Crippen LogP contribution in [0.1, 0.15) is 26.7 Å². The molecule has 0 unspecified atom stereocenters. The van der Waals surface area contributed by atoms with Gasteiger partial charge in [-0.15, -0.1) is 0 Å². The lowest BCUT2D eigenvalue weighted by atomic mass is 10.3. The molecule has 0 spiro atoms. The second kappa shape index (κ2) is 6.70. The number of hydrogen-bond donors (Lipinski definition) is 1. The molecule has 0 fully saturated rings. The summed E-state index contributed by atoms with van der Waals surface area (Å²) in [6.07, 6.45) is 1.75. The highest BCUT2D eigenvalue weighted by Gasteiger charge is 2.39. The van der Waals surface area contributed by atoms with E-state index < -0.39 is 18.4 Å². The molecule has 1 N–H and O–H groups in total. The summed E-state index contributed by atoms with van der Waals surface area (Å²) in [5.74, 6) is -4.87. The van der Waals surface area contributed by atoms with Gasteiger partial charge in [0.2, 0.25) is 0 Å². The summed E-state index contributed by atoms with van der Waals surface area (Å²) in [7, 11) is 0. The monoisotopic (exact) mass is 209 g/mol. The SMILES string of the molecule is CCCCNCC(F)(F)C(=O)OCC. The van der Waals surface area contributed by atoms with Gasteiger partial charge in [-0.2, -0.15) is 8.78 Å². The third-order valence-corrected chi connectivity index (χ3v) is 1.63. The van der Waals surface area contributed by atoms with Crippen molar-refractivity contribution in [3.05, 3.63) is 0 Å². The van der Waals surface area contributed by atoms with Crippen molar-refractivity contribution in [2.75, 3.05) is 19.7 Å². The van der Waals surface area contributed by atoms with Crippen molar-refractivity contribution in [2.45, 2.75) is 32.6 Å². The smallest absolute Gasteiger partial charge is 0.378 e. The Balaban J connectivity index is 3.76. The normalized spacial score (nSPS) is 11.4. The molecule has 3 nitrogen and oxygen atoms in total. The molecule has 0 atom stereocenters. The topological polar surface area (TPSA) is 38.3 Å². The molecule has 0 radical (unpaired) electrons. The van der Waals surface area contributed by atoms with Gasteiger partial charge in [-0.3, -0.25) is 0 Å². The lowest BCUT2D eigenvalue weighted by molar-refractivity contribution is -0.170. The van der Waals surface area contributed by atoms with Gasteiger partial charge in [0.15, 0.2) is 0 Å². The minimum Gasteiger partial charge on any atom is -0.462 e. The Labute approximate surface area is 82.8 Å². The number of nitrogens with one attached hydrogen (secondary N) is 1. The van der Waals surface area contributed by atoms with Crippen molar-refractivity contribution in [3.63, 3.8) is 0 Å². The maximum Gasteiger partial charge on any atom is 0.378 e. The second-order valence-electron chi connectivity index (χ2n) is 2.96. The van der Waals surface area contributed by atoms with Crippen LogP contribution in [0.4, 0.5) is 8.78 Å². The van der Waals surface area contributed by atoms with Gasteiger partial charge in [0.25, 0.3) is 0 Å². The summed E-state index contributed by atoms with van der Waals surface area (Å²) < 4.78 is 30.0. The highest BCUT2D eigenvalue weighted by Crippen LogP contribution is 2.13. The third-order valence-electron chi connectivity index (χ3n) is 1.63. The Morgan fingerprint density at radius 2 is 2.07 bits per heavy atom. The first-order valence-corrected chi connectivity index (χ1v) is 4.80. The zero-order chi connectivity index (χ0) is 11.0. The quantitative estimate of drug-likeness (QED) is 0.511. The second-order valence-corrected chi connectivity index (χ2v) is 2.96. The minimum absolute atomic E-state index is 0.0244. The molecule has 0 bridgehead atoms. The van der Waals surface area contributed by atoms with Gasteiger partial charge >= 0.3 is 11.9 Å². The average molecular weight is 209 g/mol. The van der Waals surface area contributed by atoms with Crippen LogP contribution in [0.5, 0.6) is 0 Å². The maximum atomic E-state index is 12.9. The summed E-state index contributed by atoms with van der Waals surface area (Å²) in [5.41, 5.74) is 0. The molecule has 0 rings (SSSR count). The van der Waals surface area contributed by atoms with Crippen LogP contribution in [-0.4, -0.2) is 31.6 Å². The maximum absolute atomic E-state index is 12.9. The summed E-state index contributed by atoms with van der Waals surface area (Å²) in [6.45, 7) is 3.28. The zero-order valence-corrected chi connectivity index (χ0v) is 8.61. The molecule has 14 heavy (non-hydrogen) atoms. The van der Waals surface area contributed by atoms with Crippen LogP contribution in [-0.2, 0) is 9.53 Å². The van der Waals surface area contributed by atoms with Gasteiger partial charge in [-0.1, -0.05) is 13.3 Å². The van der Waals surface area contributed by atoms with Crippen molar-refractivity contribution in [1.82, 2.24) is 5.32 Å². The van der Waals surface area contributed by atoms with Crippen LogP contribution >= 0.6 is 0 Å². The van der Waals surface area contributed by atoms with Crippen molar-refractivity contribution < 1.29 is 18.3 Å². The van der Waals surface area contributed by atoms with Crippen molar-refractivity contribution in [1.29, 1.82) is 0 Å². The summed E-state index contributed by atoms with van der Waals surface area (Å²) in [5, 5.41) is 2.52. The predicted molar refractivity (Wildman–Crippen MR) is 49.4 cm³/mol. The fourth-order valence-corrected chi connectivity index (χ4v) is 0.856. The van der Waals surface area contributed by atoms with Crippen LogP contribution in [0, 0.1) is 0 Å². The highest BCUT2D eigenvalue weighted by atomic mass is 19.3. The van der Waals surface area contributed by atoms with E-state index in [1.54, 1.807) is 0 Å². The Kier molecular flexibility index (Phi) is 6.36. The first kappa shape index (κ1) is 13.3. The first-order chi connectivity index (χ1) is 6.54. The van der Waals surface area contributed by atoms with Crippen molar-refractivity contribution >= 4 is 5.97 Å². The molecule has 0 aromatic rings. The van der Waals surface area contributed by atoms with Crippen LogP contribution in [0.3, 0.4) is 0 Å². The van der Waals surface area contributed by atoms with Gasteiger partial charge in [-0.05, 0) is 19.9 Å². The van der Waals surface area contributed by atoms with Crippen LogP contribution < -0.4 is 5.32 Å². The van der Waals surface area contributed by atoms with Crippen molar-refractivity contribution in [3.8, 4) is 0 Å².